The quantitative estimate of drug-likeness (QED) is 0.841. The second-order valence-corrected chi connectivity index (χ2v) is 6.32. The smallest absolute Gasteiger partial charge is 0.266 e. The van der Waals surface area contributed by atoms with Gasteiger partial charge in [0.1, 0.15) is 4.90 Å². The van der Waals surface area contributed by atoms with E-state index in [1.54, 1.807) is 13.0 Å². The molecule has 0 spiro atoms. The molecule has 2 rings (SSSR count). The Morgan fingerprint density at radius 1 is 1.31 bits per heavy atom. The van der Waals surface area contributed by atoms with Gasteiger partial charge in [-0.25, -0.2) is 8.42 Å². The van der Waals surface area contributed by atoms with Gasteiger partial charge in [-0.15, -0.1) is 0 Å². The summed E-state index contributed by atoms with van der Waals surface area (Å²) in [7, 11) is -3.41. The number of hydrogen-bond donors (Lipinski definition) is 1. The van der Waals surface area contributed by atoms with Crippen LogP contribution in [0.3, 0.4) is 0 Å². The highest BCUT2D eigenvalue weighted by Gasteiger charge is 2.20. The molecular weight excluding hydrogens is 226 g/mol. The van der Waals surface area contributed by atoms with Crippen LogP contribution in [0.15, 0.2) is 15.8 Å². The average molecular weight is 241 g/mol. The third kappa shape index (κ3) is 1.91. The SMILES string of the molecule is CCS(=O)(=O)c1cc2c([nH]c1=O)CCCC2. The van der Waals surface area contributed by atoms with Crippen molar-refractivity contribution in [2.75, 3.05) is 5.75 Å². The van der Waals surface area contributed by atoms with Crippen molar-refractivity contribution in [2.45, 2.75) is 37.5 Å². The molecule has 0 radical (unpaired) electrons. The van der Waals surface area contributed by atoms with Crippen molar-refractivity contribution in [3.8, 4) is 0 Å². The van der Waals surface area contributed by atoms with Gasteiger partial charge >= 0.3 is 0 Å². The van der Waals surface area contributed by atoms with Crippen LogP contribution in [-0.4, -0.2) is 19.2 Å². The Bertz CT molecular complexity index is 557. The van der Waals surface area contributed by atoms with Crippen molar-refractivity contribution in [3.63, 3.8) is 0 Å². The highest BCUT2D eigenvalue weighted by molar-refractivity contribution is 7.91. The fraction of sp³-hybridized carbons (Fsp3) is 0.545. The monoisotopic (exact) mass is 241 g/mol. The number of aromatic nitrogens is 1. The van der Waals surface area contributed by atoms with E-state index in [-0.39, 0.29) is 10.6 Å². The minimum atomic E-state index is -3.41. The number of pyridine rings is 1. The van der Waals surface area contributed by atoms with E-state index in [9.17, 15) is 13.2 Å². The molecule has 0 bridgehead atoms. The Labute approximate surface area is 94.6 Å². The van der Waals surface area contributed by atoms with Gasteiger partial charge in [0.2, 0.25) is 0 Å². The Kier molecular flexibility index (Phi) is 2.88. The normalized spacial score (nSPS) is 15.8. The third-order valence-corrected chi connectivity index (χ3v) is 4.75. The maximum absolute atomic E-state index is 11.7. The number of aromatic amines is 1. The molecule has 0 amide bonds. The van der Waals surface area contributed by atoms with Gasteiger partial charge in [0, 0.05) is 5.69 Å². The minimum absolute atomic E-state index is 0.0329. The fourth-order valence-electron chi connectivity index (χ4n) is 2.04. The maximum Gasteiger partial charge on any atom is 0.266 e. The molecule has 0 saturated heterocycles. The molecule has 88 valence electrons. The Morgan fingerprint density at radius 3 is 2.69 bits per heavy atom. The van der Waals surface area contributed by atoms with Crippen LogP contribution >= 0.6 is 0 Å². The lowest BCUT2D eigenvalue weighted by atomic mass is 9.96. The van der Waals surface area contributed by atoms with Crippen molar-refractivity contribution >= 4 is 9.84 Å². The molecule has 0 fully saturated rings. The highest BCUT2D eigenvalue weighted by Crippen LogP contribution is 2.20. The lowest BCUT2D eigenvalue weighted by Crippen LogP contribution is -2.22. The van der Waals surface area contributed by atoms with Gasteiger partial charge in [0.25, 0.3) is 5.56 Å². The van der Waals surface area contributed by atoms with Crippen LogP contribution < -0.4 is 5.56 Å². The molecule has 1 aliphatic rings. The zero-order chi connectivity index (χ0) is 11.8. The molecule has 0 aromatic carbocycles. The molecule has 5 heteroatoms. The first-order chi connectivity index (χ1) is 7.54. The summed E-state index contributed by atoms with van der Waals surface area (Å²) in [5.74, 6) is -0.0329. The van der Waals surface area contributed by atoms with Crippen LogP contribution in [0.1, 0.15) is 31.0 Å². The van der Waals surface area contributed by atoms with E-state index < -0.39 is 15.4 Å². The minimum Gasteiger partial charge on any atom is -0.325 e. The molecule has 4 nitrogen and oxygen atoms in total. The summed E-state index contributed by atoms with van der Waals surface area (Å²) < 4.78 is 23.4. The summed E-state index contributed by atoms with van der Waals surface area (Å²) in [5, 5.41) is 0. The van der Waals surface area contributed by atoms with Crippen molar-refractivity contribution in [1.82, 2.24) is 4.98 Å². The van der Waals surface area contributed by atoms with Gasteiger partial charge in [-0.2, -0.15) is 0 Å². The van der Waals surface area contributed by atoms with E-state index in [2.05, 4.69) is 4.98 Å². The van der Waals surface area contributed by atoms with Crippen LogP contribution in [0.4, 0.5) is 0 Å². The van der Waals surface area contributed by atoms with Crippen molar-refractivity contribution in [2.24, 2.45) is 0 Å². The van der Waals surface area contributed by atoms with E-state index in [1.165, 1.54) is 0 Å². The fourth-order valence-corrected chi connectivity index (χ4v) is 3.01. The van der Waals surface area contributed by atoms with Crippen LogP contribution in [-0.2, 0) is 22.7 Å². The number of rotatable bonds is 2. The second-order valence-electron chi connectivity index (χ2n) is 4.08. The summed E-state index contributed by atoms with van der Waals surface area (Å²) in [4.78, 5) is 14.3. The number of fused-ring (bicyclic) bond motifs is 1. The standard InChI is InChI=1S/C11H15NO3S/c1-2-16(14,15)10-7-8-5-3-4-6-9(8)12-11(10)13/h7H,2-6H2,1H3,(H,12,13). The summed E-state index contributed by atoms with van der Waals surface area (Å²) in [6, 6.07) is 1.56. The van der Waals surface area contributed by atoms with Gasteiger partial charge in [0.15, 0.2) is 9.84 Å². The van der Waals surface area contributed by atoms with Gasteiger partial charge in [-0.1, -0.05) is 6.92 Å². The largest absolute Gasteiger partial charge is 0.325 e. The number of hydrogen-bond acceptors (Lipinski definition) is 3. The van der Waals surface area contributed by atoms with E-state index in [0.29, 0.717) is 0 Å². The lowest BCUT2D eigenvalue weighted by Gasteiger charge is -2.15. The van der Waals surface area contributed by atoms with Crippen LogP contribution in [0.5, 0.6) is 0 Å². The van der Waals surface area contributed by atoms with Crippen molar-refractivity contribution in [1.29, 1.82) is 0 Å². The van der Waals surface area contributed by atoms with Gasteiger partial charge < -0.3 is 4.98 Å². The van der Waals surface area contributed by atoms with E-state index in [4.69, 9.17) is 0 Å². The highest BCUT2D eigenvalue weighted by atomic mass is 32.2. The first kappa shape index (κ1) is 11.4. The van der Waals surface area contributed by atoms with E-state index in [1.807, 2.05) is 0 Å². The number of aryl methyl sites for hydroxylation is 2. The number of nitrogens with one attached hydrogen (secondary N) is 1. The summed E-state index contributed by atoms with van der Waals surface area (Å²) in [5.41, 5.74) is 1.42. The van der Waals surface area contributed by atoms with Gasteiger partial charge in [0.05, 0.1) is 5.75 Å². The predicted molar refractivity (Wildman–Crippen MR) is 61.4 cm³/mol. The van der Waals surface area contributed by atoms with Crippen molar-refractivity contribution in [3.05, 3.63) is 27.7 Å². The molecule has 1 N–H and O–H groups in total. The topological polar surface area (TPSA) is 67.0 Å². The first-order valence-corrected chi connectivity index (χ1v) is 7.17. The Morgan fingerprint density at radius 2 is 2.00 bits per heavy atom. The molecule has 0 unspecified atom stereocenters. The maximum atomic E-state index is 11.7. The first-order valence-electron chi connectivity index (χ1n) is 5.52. The van der Waals surface area contributed by atoms with Crippen LogP contribution in [0, 0.1) is 0 Å². The van der Waals surface area contributed by atoms with E-state index in [0.717, 1.165) is 36.9 Å². The molecule has 0 aliphatic heterocycles. The molecule has 0 saturated carbocycles. The zero-order valence-corrected chi connectivity index (χ0v) is 10.1. The number of sulfone groups is 1. The summed E-state index contributed by atoms with van der Waals surface area (Å²) in [6.45, 7) is 1.55. The molecule has 16 heavy (non-hydrogen) atoms. The second kappa shape index (κ2) is 4.05. The number of H-pyrrole nitrogens is 1. The summed E-state index contributed by atoms with van der Waals surface area (Å²) >= 11 is 0. The Balaban J connectivity index is 2.61. The molecular formula is C11H15NO3S. The lowest BCUT2D eigenvalue weighted by molar-refractivity contribution is 0.594. The van der Waals surface area contributed by atoms with Crippen LogP contribution in [0.25, 0.3) is 0 Å². The van der Waals surface area contributed by atoms with Crippen molar-refractivity contribution < 1.29 is 8.42 Å². The zero-order valence-electron chi connectivity index (χ0n) is 9.25. The summed E-state index contributed by atoms with van der Waals surface area (Å²) in [6.07, 6.45) is 3.82. The third-order valence-electron chi connectivity index (χ3n) is 3.02. The molecule has 0 atom stereocenters. The average Bonchev–Trinajstić information content (AvgIpc) is 2.28. The van der Waals surface area contributed by atoms with Gasteiger partial charge in [-0.05, 0) is 37.3 Å². The molecule has 1 aliphatic carbocycles. The van der Waals surface area contributed by atoms with Gasteiger partial charge in [-0.3, -0.25) is 4.79 Å². The molecule has 1 aromatic heterocycles. The molecule has 1 heterocycles. The van der Waals surface area contributed by atoms with Crippen LogP contribution in [0.2, 0.25) is 0 Å². The molecule has 1 aromatic rings. The predicted octanol–water partition coefficient (Wildman–Crippen LogP) is 1.05. The van der Waals surface area contributed by atoms with E-state index >= 15 is 0 Å². The Hall–Kier alpha value is -1.10.